The molecular formula is C15H19NO2. The maximum absolute atomic E-state index is 11.3. The highest BCUT2D eigenvalue weighted by molar-refractivity contribution is 6.15. The van der Waals surface area contributed by atoms with Crippen molar-refractivity contribution in [3.05, 3.63) is 48.0 Å². The summed E-state index contributed by atoms with van der Waals surface area (Å²) in [6, 6.07) is 7.65. The third kappa shape index (κ3) is 4.18. The molecule has 96 valence electrons. The van der Waals surface area contributed by atoms with Crippen molar-refractivity contribution in [1.29, 1.82) is 0 Å². The van der Waals surface area contributed by atoms with Crippen LogP contribution in [0.3, 0.4) is 0 Å². The fourth-order valence-electron chi connectivity index (χ4n) is 1.44. The minimum atomic E-state index is -0.397. The molecule has 0 aliphatic heterocycles. The molecule has 1 aromatic carbocycles. The van der Waals surface area contributed by atoms with E-state index in [1.54, 1.807) is 0 Å². The van der Waals surface area contributed by atoms with E-state index in [-0.39, 0.29) is 0 Å². The maximum Gasteiger partial charge on any atom is 0.337 e. The molecule has 0 aliphatic carbocycles. The van der Waals surface area contributed by atoms with Gasteiger partial charge in [-0.2, -0.15) is 0 Å². The molecule has 0 unspecified atom stereocenters. The van der Waals surface area contributed by atoms with Gasteiger partial charge >= 0.3 is 5.97 Å². The molecule has 1 rings (SSSR count). The molecule has 0 saturated carbocycles. The third-order valence-corrected chi connectivity index (χ3v) is 2.47. The van der Waals surface area contributed by atoms with Crippen LogP contribution in [0.2, 0.25) is 0 Å². The lowest BCUT2D eigenvalue weighted by Gasteiger charge is -2.05. The average Bonchev–Trinajstić information content (AvgIpc) is 2.37. The highest BCUT2D eigenvalue weighted by atomic mass is 16.5. The maximum atomic E-state index is 11.3. The Balaban J connectivity index is 2.71. The standard InChI is InChI=1S/C15H19NO2/c1-12(15(17)18-4)14-9-7-13(8-10-14)6-5-11-16(2)3/h5-10H,1,11H2,2-4H3/b6-5+. The van der Waals surface area contributed by atoms with Crippen molar-refractivity contribution in [3.8, 4) is 0 Å². The number of likely N-dealkylation sites (N-methyl/N-ethyl adjacent to an activating group) is 1. The highest BCUT2D eigenvalue weighted by Crippen LogP contribution is 2.15. The molecule has 0 bridgehead atoms. The van der Waals surface area contributed by atoms with Crippen LogP contribution < -0.4 is 0 Å². The summed E-state index contributed by atoms with van der Waals surface area (Å²) < 4.78 is 4.63. The van der Waals surface area contributed by atoms with Crippen LogP contribution in [0.5, 0.6) is 0 Å². The van der Waals surface area contributed by atoms with Gasteiger partial charge in [0.1, 0.15) is 0 Å². The van der Waals surface area contributed by atoms with E-state index in [1.165, 1.54) is 7.11 Å². The first-order valence-electron chi connectivity index (χ1n) is 5.73. The first kappa shape index (κ1) is 14.2. The Hall–Kier alpha value is -1.87. The molecule has 1 aromatic rings. The van der Waals surface area contributed by atoms with Crippen molar-refractivity contribution in [2.24, 2.45) is 0 Å². The quantitative estimate of drug-likeness (QED) is 0.589. The molecule has 0 aliphatic rings. The Kier molecular flexibility index (Phi) is 5.33. The van der Waals surface area contributed by atoms with E-state index in [4.69, 9.17) is 0 Å². The van der Waals surface area contributed by atoms with Crippen LogP contribution in [0.1, 0.15) is 11.1 Å². The van der Waals surface area contributed by atoms with Gasteiger partial charge in [-0.1, -0.05) is 43.0 Å². The van der Waals surface area contributed by atoms with Gasteiger partial charge in [0.15, 0.2) is 0 Å². The van der Waals surface area contributed by atoms with E-state index in [0.29, 0.717) is 5.57 Å². The number of nitrogens with zero attached hydrogens (tertiary/aromatic N) is 1. The second-order valence-electron chi connectivity index (χ2n) is 4.26. The number of methoxy groups -OCH3 is 1. The second-order valence-corrected chi connectivity index (χ2v) is 4.26. The summed E-state index contributed by atoms with van der Waals surface area (Å²) in [5, 5.41) is 0. The molecule has 18 heavy (non-hydrogen) atoms. The summed E-state index contributed by atoms with van der Waals surface area (Å²) in [6.07, 6.45) is 4.13. The number of carbonyl (C=O) groups is 1. The highest BCUT2D eigenvalue weighted by Gasteiger charge is 2.08. The Morgan fingerprint density at radius 1 is 1.33 bits per heavy atom. The molecule has 0 amide bonds. The molecule has 3 nitrogen and oxygen atoms in total. The van der Waals surface area contributed by atoms with Crippen LogP contribution in [0, 0.1) is 0 Å². The minimum absolute atomic E-state index is 0.376. The van der Waals surface area contributed by atoms with Crippen molar-refractivity contribution >= 4 is 17.6 Å². The molecule has 3 heteroatoms. The summed E-state index contributed by atoms with van der Waals surface area (Å²) in [7, 11) is 5.40. The zero-order valence-electron chi connectivity index (χ0n) is 11.1. The molecule has 0 N–H and O–H groups in total. The number of carbonyl (C=O) groups excluding carboxylic acids is 1. The van der Waals surface area contributed by atoms with Crippen LogP contribution in [-0.2, 0) is 9.53 Å². The molecule has 0 aromatic heterocycles. The van der Waals surface area contributed by atoms with Crippen LogP contribution in [-0.4, -0.2) is 38.6 Å². The van der Waals surface area contributed by atoms with E-state index in [9.17, 15) is 4.79 Å². The van der Waals surface area contributed by atoms with E-state index in [0.717, 1.165) is 17.7 Å². The zero-order chi connectivity index (χ0) is 13.5. The van der Waals surface area contributed by atoms with E-state index < -0.39 is 5.97 Å². The predicted octanol–water partition coefficient (Wildman–Crippen LogP) is 2.45. The molecular weight excluding hydrogens is 226 g/mol. The van der Waals surface area contributed by atoms with Gasteiger partial charge < -0.3 is 9.64 Å². The van der Waals surface area contributed by atoms with Crippen molar-refractivity contribution in [3.63, 3.8) is 0 Å². The predicted molar refractivity (Wildman–Crippen MR) is 75.1 cm³/mol. The van der Waals surface area contributed by atoms with Crippen LogP contribution in [0.25, 0.3) is 11.6 Å². The topological polar surface area (TPSA) is 29.5 Å². The van der Waals surface area contributed by atoms with Crippen molar-refractivity contribution in [2.45, 2.75) is 0 Å². The molecule has 0 spiro atoms. The molecule has 0 radical (unpaired) electrons. The monoisotopic (exact) mass is 245 g/mol. The van der Waals surface area contributed by atoms with Gasteiger partial charge in [-0.05, 0) is 25.2 Å². The molecule has 0 saturated heterocycles. The lowest BCUT2D eigenvalue weighted by Crippen LogP contribution is -2.10. The van der Waals surface area contributed by atoms with Crippen LogP contribution >= 0.6 is 0 Å². The normalized spacial score (nSPS) is 10.9. The number of ether oxygens (including phenoxy) is 1. The number of hydrogen-bond acceptors (Lipinski definition) is 3. The summed E-state index contributed by atoms with van der Waals surface area (Å²) in [6.45, 7) is 4.61. The lowest BCUT2D eigenvalue weighted by molar-refractivity contribution is -0.133. The summed E-state index contributed by atoms with van der Waals surface area (Å²) in [4.78, 5) is 13.4. The Bertz CT molecular complexity index is 444. The smallest absolute Gasteiger partial charge is 0.337 e. The van der Waals surface area contributed by atoms with Crippen molar-refractivity contribution in [2.75, 3.05) is 27.7 Å². The first-order valence-corrected chi connectivity index (χ1v) is 5.73. The van der Waals surface area contributed by atoms with Gasteiger partial charge in [0.2, 0.25) is 0 Å². The fraction of sp³-hybridized carbons (Fsp3) is 0.267. The van der Waals surface area contributed by atoms with Crippen molar-refractivity contribution < 1.29 is 9.53 Å². The first-order chi connectivity index (χ1) is 8.54. The lowest BCUT2D eigenvalue weighted by atomic mass is 10.1. The summed E-state index contributed by atoms with van der Waals surface area (Å²) in [5.74, 6) is -0.397. The fourth-order valence-corrected chi connectivity index (χ4v) is 1.44. The summed E-state index contributed by atoms with van der Waals surface area (Å²) >= 11 is 0. The average molecular weight is 245 g/mol. The Morgan fingerprint density at radius 2 is 1.94 bits per heavy atom. The van der Waals surface area contributed by atoms with E-state index >= 15 is 0 Å². The number of benzene rings is 1. The zero-order valence-corrected chi connectivity index (χ0v) is 11.1. The van der Waals surface area contributed by atoms with Gasteiger partial charge in [0.05, 0.1) is 12.7 Å². The Morgan fingerprint density at radius 3 is 2.44 bits per heavy atom. The van der Waals surface area contributed by atoms with Crippen LogP contribution in [0.4, 0.5) is 0 Å². The Labute approximate surface area is 108 Å². The van der Waals surface area contributed by atoms with Gasteiger partial charge in [0, 0.05) is 6.54 Å². The van der Waals surface area contributed by atoms with Gasteiger partial charge in [-0.15, -0.1) is 0 Å². The largest absolute Gasteiger partial charge is 0.465 e. The van der Waals surface area contributed by atoms with Crippen molar-refractivity contribution in [1.82, 2.24) is 4.90 Å². The minimum Gasteiger partial charge on any atom is -0.465 e. The SMILES string of the molecule is C=C(C(=O)OC)c1ccc(/C=C/CN(C)C)cc1. The van der Waals surface area contributed by atoms with Gasteiger partial charge in [-0.25, -0.2) is 4.79 Å². The van der Waals surface area contributed by atoms with E-state index in [2.05, 4.69) is 22.3 Å². The molecule has 0 atom stereocenters. The molecule has 0 fully saturated rings. The van der Waals surface area contributed by atoms with Crippen LogP contribution in [0.15, 0.2) is 36.9 Å². The molecule has 0 heterocycles. The summed E-state index contributed by atoms with van der Waals surface area (Å²) in [5.41, 5.74) is 2.26. The second kappa shape index (κ2) is 6.77. The third-order valence-electron chi connectivity index (χ3n) is 2.47. The van der Waals surface area contributed by atoms with Gasteiger partial charge in [-0.3, -0.25) is 0 Å². The number of rotatable bonds is 5. The van der Waals surface area contributed by atoms with E-state index in [1.807, 2.05) is 44.4 Å². The number of hydrogen-bond donors (Lipinski definition) is 0. The number of esters is 1. The van der Waals surface area contributed by atoms with Gasteiger partial charge in [0.25, 0.3) is 0 Å².